The van der Waals surface area contributed by atoms with Crippen molar-refractivity contribution in [3.05, 3.63) is 29.1 Å². The fourth-order valence-electron chi connectivity index (χ4n) is 2.49. The summed E-state index contributed by atoms with van der Waals surface area (Å²) in [6.45, 7) is 2.86. The quantitative estimate of drug-likeness (QED) is 0.386. The Kier molecular flexibility index (Phi) is 4.60. The lowest BCUT2D eigenvalue weighted by molar-refractivity contribution is -0.0504. The van der Waals surface area contributed by atoms with Gasteiger partial charge in [0.2, 0.25) is 0 Å². The van der Waals surface area contributed by atoms with Gasteiger partial charge in [0.25, 0.3) is 5.56 Å². The summed E-state index contributed by atoms with van der Waals surface area (Å²) < 4.78 is 21.7. The lowest BCUT2D eigenvalue weighted by Gasteiger charge is -2.16. The minimum atomic E-state index is -4.76. The molecule has 12 nitrogen and oxygen atoms in total. The Morgan fingerprint density at radius 3 is 2.80 bits per heavy atom. The molecule has 13 heteroatoms. The predicted molar refractivity (Wildman–Crippen MR) is 82.2 cm³/mol. The van der Waals surface area contributed by atoms with E-state index in [0.29, 0.717) is 0 Å². The molecule has 136 valence electrons. The zero-order valence-electron chi connectivity index (χ0n) is 12.6. The van der Waals surface area contributed by atoms with E-state index in [0.717, 1.165) is 0 Å². The molecule has 1 aliphatic heterocycles. The number of phosphoric ester groups is 1. The maximum Gasteiger partial charge on any atom is 0.469 e. The zero-order chi connectivity index (χ0) is 18.4. The number of aliphatic hydroxyl groups excluding tert-OH is 2. The minimum absolute atomic E-state index is 0.00851. The fourth-order valence-corrected chi connectivity index (χ4v) is 2.83. The molecule has 2 aromatic heterocycles. The van der Waals surface area contributed by atoms with Crippen LogP contribution >= 0.6 is 7.82 Å². The van der Waals surface area contributed by atoms with Crippen LogP contribution in [0.5, 0.6) is 0 Å². The molecule has 0 radical (unpaired) electrons. The van der Waals surface area contributed by atoms with Crippen LogP contribution in [0, 0.1) is 0 Å². The molecule has 5 N–H and O–H groups in total. The van der Waals surface area contributed by atoms with E-state index in [1.54, 1.807) is 0 Å². The number of nitrogens with zero attached hydrogens (tertiary/aromatic N) is 3. The predicted octanol–water partition coefficient (Wildman–Crippen LogP) is -1.51. The SMILES string of the molecule is C=Cc1nc2c(ncn2[C@@H]2O[C@H](COP(=O)(O)O)[C@@H](O)[C@H]2O)c(=O)[nH]1. The first kappa shape index (κ1) is 17.9. The molecule has 0 aliphatic carbocycles. The standard InChI is InChI=1S/C12H15N4O8P/c1-2-6-14-10-7(11(19)15-6)13-4-16(10)12-9(18)8(17)5(24-12)3-23-25(20,21)22/h2,4-5,8-9,12,17-18H,1,3H2,(H,14,15,19)(H2,20,21,22)/t5-,8-,9-,12-/m1/s1. The number of aliphatic hydroxyl groups is 2. The number of aromatic nitrogens is 4. The Bertz CT molecular complexity index is 904. The third kappa shape index (κ3) is 3.41. The van der Waals surface area contributed by atoms with Crippen molar-refractivity contribution in [2.75, 3.05) is 6.61 Å². The summed E-state index contributed by atoms with van der Waals surface area (Å²) in [5.74, 6) is 0.175. The average Bonchev–Trinajstić information content (AvgIpc) is 3.08. The van der Waals surface area contributed by atoms with Gasteiger partial charge in [0.1, 0.15) is 24.1 Å². The molecule has 1 fully saturated rings. The maximum absolute atomic E-state index is 11.9. The first-order valence-electron chi connectivity index (χ1n) is 7.02. The van der Waals surface area contributed by atoms with Crippen LogP contribution in [0.15, 0.2) is 17.7 Å². The molecule has 0 bridgehead atoms. The van der Waals surface area contributed by atoms with Crippen LogP contribution in [0.3, 0.4) is 0 Å². The highest BCUT2D eigenvalue weighted by Gasteiger charge is 2.45. The van der Waals surface area contributed by atoms with Crippen molar-refractivity contribution in [1.29, 1.82) is 0 Å². The second kappa shape index (κ2) is 6.42. The summed E-state index contributed by atoms with van der Waals surface area (Å²) >= 11 is 0. The highest BCUT2D eigenvalue weighted by Crippen LogP contribution is 2.38. The largest absolute Gasteiger partial charge is 0.469 e. The molecule has 1 aliphatic rings. The molecular weight excluding hydrogens is 359 g/mol. The summed E-state index contributed by atoms with van der Waals surface area (Å²) in [7, 11) is -4.76. The number of H-pyrrole nitrogens is 1. The highest BCUT2D eigenvalue weighted by molar-refractivity contribution is 7.46. The molecular formula is C12H15N4O8P. The van der Waals surface area contributed by atoms with Crippen molar-refractivity contribution in [2.24, 2.45) is 0 Å². The van der Waals surface area contributed by atoms with Gasteiger partial charge in [-0.25, -0.2) is 14.5 Å². The van der Waals surface area contributed by atoms with Crippen molar-refractivity contribution in [3.8, 4) is 0 Å². The number of nitrogens with one attached hydrogen (secondary N) is 1. The summed E-state index contributed by atoms with van der Waals surface area (Å²) in [4.78, 5) is 39.9. The number of fused-ring (bicyclic) bond motifs is 1. The summed E-state index contributed by atoms with van der Waals surface area (Å²) in [5.41, 5.74) is -0.440. The van der Waals surface area contributed by atoms with Gasteiger partial charge < -0.3 is 29.7 Å². The van der Waals surface area contributed by atoms with E-state index in [9.17, 15) is 19.6 Å². The average molecular weight is 374 g/mol. The van der Waals surface area contributed by atoms with Gasteiger partial charge in [-0.3, -0.25) is 13.9 Å². The number of aromatic amines is 1. The van der Waals surface area contributed by atoms with Crippen molar-refractivity contribution >= 4 is 25.1 Å². The molecule has 0 unspecified atom stereocenters. The Morgan fingerprint density at radius 1 is 1.44 bits per heavy atom. The van der Waals surface area contributed by atoms with E-state index in [1.165, 1.54) is 17.0 Å². The molecule has 3 heterocycles. The van der Waals surface area contributed by atoms with Crippen LogP contribution in [-0.2, 0) is 13.8 Å². The van der Waals surface area contributed by atoms with Crippen LogP contribution in [0.25, 0.3) is 17.2 Å². The van der Waals surface area contributed by atoms with Crippen LogP contribution in [0.1, 0.15) is 12.1 Å². The molecule has 0 amide bonds. The lowest BCUT2D eigenvalue weighted by atomic mass is 10.1. The van der Waals surface area contributed by atoms with E-state index in [1.807, 2.05) is 0 Å². The molecule has 0 aromatic carbocycles. The van der Waals surface area contributed by atoms with Crippen LogP contribution < -0.4 is 5.56 Å². The second-order valence-electron chi connectivity index (χ2n) is 5.31. The third-order valence-corrected chi connectivity index (χ3v) is 4.15. The summed E-state index contributed by atoms with van der Waals surface area (Å²) in [6, 6.07) is 0. The van der Waals surface area contributed by atoms with E-state index in [4.69, 9.17) is 14.5 Å². The minimum Gasteiger partial charge on any atom is -0.387 e. The van der Waals surface area contributed by atoms with Gasteiger partial charge in [-0.05, 0) is 6.08 Å². The molecule has 4 atom stereocenters. The van der Waals surface area contributed by atoms with Crippen molar-refractivity contribution in [3.63, 3.8) is 0 Å². The Hall–Kier alpha value is -1.92. The van der Waals surface area contributed by atoms with E-state index in [2.05, 4.69) is 26.1 Å². The van der Waals surface area contributed by atoms with Crippen molar-refractivity contribution in [2.45, 2.75) is 24.5 Å². The smallest absolute Gasteiger partial charge is 0.387 e. The van der Waals surface area contributed by atoms with E-state index >= 15 is 0 Å². The van der Waals surface area contributed by atoms with Gasteiger partial charge in [-0.15, -0.1) is 0 Å². The molecule has 0 saturated carbocycles. The second-order valence-corrected chi connectivity index (χ2v) is 6.55. The number of rotatable bonds is 5. The summed E-state index contributed by atoms with van der Waals surface area (Å²) in [6.07, 6.45) is -2.81. The third-order valence-electron chi connectivity index (χ3n) is 3.66. The molecule has 0 spiro atoms. The molecule has 25 heavy (non-hydrogen) atoms. The number of hydrogen-bond donors (Lipinski definition) is 5. The van der Waals surface area contributed by atoms with E-state index < -0.39 is 44.5 Å². The van der Waals surface area contributed by atoms with Crippen LogP contribution in [-0.4, -0.2) is 64.4 Å². The van der Waals surface area contributed by atoms with Crippen LogP contribution in [0.4, 0.5) is 0 Å². The van der Waals surface area contributed by atoms with Crippen molar-refractivity contribution < 1.29 is 33.8 Å². The Labute approximate surface area is 139 Å². The molecule has 1 saturated heterocycles. The Morgan fingerprint density at radius 2 is 2.16 bits per heavy atom. The molecule has 2 aromatic rings. The lowest BCUT2D eigenvalue weighted by Crippen LogP contribution is -2.33. The number of ether oxygens (including phenoxy) is 1. The first-order valence-corrected chi connectivity index (χ1v) is 8.55. The van der Waals surface area contributed by atoms with Gasteiger partial charge in [0, 0.05) is 0 Å². The topological polar surface area (TPSA) is 180 Å². The van der Waals surface area contributed by atoms with Crippen LogP contribution in [0.2, 0.25) is 0 Å². The monoisotopic (exact) mass is 374 g/mol. The van der Waals surface area contributed by atoms with Gasteiger partial charge in [0.05, 0.1) is 12.9 Å². The maximum atomic E-state index is 11.9. The van der Waals surface area contributed by atoms with Gasteiger partial charge in [-0.2, -0.15) is 0 Å². The molecule has 3 rings (SSSR count). The van der Waals surface area contributed by atoms with Gasteiger partial charge in [-0.1, -0.05) is 6.58 Å². The van der Waals surface area contributed by atoms with Gasteiger partial charge in [0.15, 0.2) is 17.4 Å². The normalized spacial score (nSPS) is 27.0. The van der Waals surface area contributed by atoms with Gasteiger partial charge >= 0.3 is 7.82 Å². The van der Waals surface area contributed by atoms with E-state index in [-0.39, 0.29) is 17.0 Å². The fraction of sp³-hybridized carbons (Fsp3) is 0.417. The number of imidazole rings is 1. The Balaban J connectivity index is 1.93. The highest BCUT2D eigenvalue weighted by atomic mass is 31.2. The number of phosphoric acid groups is 1. The first-order chi connectivity index (χ1) is 11.7. The summed E-state index contributed by atoms with van der Waals surface area (Å²) in [5, 5.41) is 20.2. The number of hydrogen-bond acceptors (Lipinski definition) is 8. The van der Waals surface area contributed by atoms with Crippen molar-refractivity contribution in [1.82, 2.24) is 19.5 Å². The zero-order valence-corrected chi connectivity index (χ0v) is 13.5.